The lowest BCUT2D eigenvalue weighted by Crippen LogP contribution is -2.50. The molecule has 0 radical (unpaired) electrons. The second-order valence-corrected chi connectivity index (χ2v) is 4.01. The zero-order chi connectivity index (χ0) is 12.9. The third-order valence-corrected chi connectivity index (χ3v) is 2.90. The third kappa shape index (κ3) is 2.72. The number of nitrogens with two attached hydrogens (primary N) is 1. The maximum atomic E-state index is 11.0. The summed E-state index contributed by atoms with van der Waals surface area (Å²) in [6, 6.07) is 6.87. The number of carbonyl (C=O) groups excluding carboxylic acids is 1. The molecule has 0 amide bonds. The van der Waals surface area contributed by atoms with Gasteiger partial charge in [0, 0.05) is 18.2 Å². The van der Waals surface area contributed by atoms with Crippen molar-refractivity contribution >= 4 is 6.29 Å². The van der Waals surface area contributed by atoms with Crippen LogP contribution in [0.4, 0.5) is 0 Å². The van der Waals surface area contributed by atoms with E-state index in [-0.39, 0.29) is 0 Å². The Balaban J connectivity index is 3.19. The average Bonchev–Trinajstić information content (AvgIpc) is 2.38. The van der Waals surface area contributed by atoms with Gasteiger partial charge in [-0.2, -0.15) is 0 Å². The normalized spacial score (nSPS) is 16.2. The van der Waals surface area contributed by atoms with E-state index in [9.17, 15) is 9.90 Å². The first kappa shape index (κ1) is 13.8. The van der Waals surface area contributed by atoms with Crippen molar-refractivity contribution in [3.63, 3.8) is 0 Å². The molecule has 17 heavy (non-hydrogen) atoms. The van der Waals surface area contributed by atoms with Crippen LogP contribution in [0.3, 0.4) is 0 Å². The van der Waals surface area contributed by atoms with E-state index in [0.29, 0.717) is 23.8 Å². The Morgan fingerprint density at radius 2 is 2.18 bits per heavy atom. The second-order valence-electron chi connectivity index (χ2n) is 4.01. The molecule has 0 unspecified atom stereocenters. The lowest BCUT2D eigenvalue weighted by atomic mass is 9.91. The summed E-state index contributed by atoms with van der Waals surface area (Å²) in [6.07, 6.45) is 1.16. The van der Waals surface area contributed by atoms with E-state index in [1.54, 1.807) is 24.3 Å². The second kappa shape index (κ2) is 5.91. The van der Waals surface area contributed by atoms with Crippen LogP contribution < -0.4 is 5.73 Å². The van der Waals surface area contributed by atoms with Crippen LogP contribution in [0.2, 0.25) is 0 Å². The number of benzene rings is 1. The number of methoxy groups -OCH3 is 1. The maximum Gasteiger partial charge on any atom is 0.169 e. The molecule has 0 spiro atoms. The van der Waals surface area contributed by atoms with Gasteiger partial charge in [0.05, 0.1) is 0 Å². The molecule has 0 heterocycles. The van der Waals surface area contributed by atoms with Gasteiger partial charge >= 0.3 is 0 Å². The van der Waals surface area contributed by atoms with Crippen LogP contribution in [0.5, 0.6) is 0 Å². The topological polar surface area (TPSA) is 72.6 Å². The first-order valence-electron chi connectivity index (χ1n) is 5.67. The van der Waals surface area contributed by atoms with Crippen LogP contribution in [-0.4, -0.2) is 24.6 Å². The highest BCUT2D eigenvalue weighted by Gasteiger charge is 2.36. The fraction of sp³-hybridized carbons (Fsp3) is 0.462. The van der Waals surface area contributed by atoms with E-state index < -0.39 is 11.8 Å². The lowest BCUT2D eigenvalue weighted by molar-refractivity contribution is -0.108. The summed E-state index contributed by atoms with van der Waals surface area (Å²) in [4.78, 5) is 11.0. The summed E-state index contributed by atoms with van der Waals surface area (Å²) in [5.41, 5.74) is 5.70. The summed E-state index contributed by atoms with van der Waals surface area (Å²) in [5.74, 6) is 0. The van der Waals surface area contributed by atoms with Crippen molar-refractivity contribution in [1.29, 1.82) is 0 Å². The monoisotopic (exact) mass is 237 g/mol. The molecule has 1 aromatic carbocycles. The number of aliphatic hydroxyl groups excluding tert-OH is 1. The SMILES string of the molecule is CCC[C@H](O)[C@@](N)(OC)c1ccccc1C=O. The molecule has 0 aromatic heterocycles. The third-order valence-electron chi connectivity index (χ3n) is 2.90. The maximum absolute atomic E-state index is 11.0. The number of ether oxygens (including phenoxy) is 1. The first-order valence-corrected chi connectivity index (χ1v) is 5.67. The van der Waals surface area contributed by atoms with Crippen molar-refractivity contribution in [3.8, 4) is 0 Å². The average molecular weight is 237 g/mol. The minimum absolute atomic E-state index is 0.437. The van der Waals surface area contributed by atoms with Gasteiger partial charge in [0.15, 0.2) is 5.72 Å². The molecule has 0 bridgehead atoms. The Labute approximate surface area is 101 Å². The summed E-state index contributed by atoms with van der Waals surface area (Å²) >= 11 is 0. The van der Waals surface area contributed by atoms with Gasteiger partial charge in [0.25, 0.3) is 0 Å². The van der Waals surface area contributed by atoms with Crippen molar-refractivity contribution in [2.75, 3.05) is 7.11 Å². The number of hydrogen-bond donors (Lipinski definition) is 2. The van der Waals surface area contributed by atoms with Crippen LogP contribution in [-0.2, 0) is 10.5 Å². The molecule has 0 saturated heterocycles. The first-order chi connectivity index (χ1) is 8.10. The minimum Gasteiger partial charge on any atom is -0.388 e. The molecule has 3 N–H and O–H groups in total. The van der Waals surface area contributed by atoms with Crippen LogP contribution >= 0.6 is 0 Å². The van der Waals surface area contributed by atoms with E-state index in [1.807, 2.05) is 6.92 Å². The predicted octanol–water partition coefficient (Wildman–Crippen LogP) is 1.42. The Morgan fingerprint density at radius 1 is 1.53 bits per heavy atom. The van der Waals surface area contributed by atoms with Crippen LogP contribution in [0.15, 0.2) is 24.3 Å². The van der Waals surface area contributed by atoms with E-state index in [0.717, 1.165) is 6.42 Å². The molecule has 0 aliphatic heterocycles. The summed E-state index contributed by atoms with van der Waals surface area (Å²) in [5, 5.41) is 10.1. The molecule has 94 valence electrons. The van der Waals surface area contributed by atoms with Gasteiger partial charge in [0.1, 0.15) is 12.4 Å². The number of aliphatic hydroxyl groups is 1. The van der Waals surface area contributed by atoms with Gasteiger partial charge in [-0.25, -0.2) is 0 Å². The van der Waals surface area contributed by atoms with Crippen LogP contribution in [0.25, 0.3) is 0 Å². The van der Waals surface area contributed by atoms with E-state index in [4.69, 9.17) is 10.5 Å². The van der Waals surface area contributed by atoms with Gasteiger partial charge in [-0.15, -0.1) is 0 Å². The van der Waals surface area contributed by atoms with Gasteiger partial charge in [-0.1, -0.05) is 37.6 Å². The Kier molecular flexibility index (Phi) is 4.81. The van der Waals surface area contributed by atoms with E-state index >= 15 is 0 Å². The van der Waals surface area contributed by atoms with E-state index in [1.165, 1.54) is 7.11 Å². The molecule has 1 rings (SSSR count). The molecule has 4 heteroatoms. The molecule has 0 saturated carbocycles. The number of rotatable bonds is 6. The quantitative estimate of drug-likeness (QED) is 0.579. The minimum atomic E-state index is -1.34. The van der Waals surface area contributed by atoms with Crippen LogP contribution in [0.1, 0.15) is 35.7 Å². The zero-order valence-electron chi connectivity index (χ0n) is 10.2. The number of hydrogen-bond acceptors (Lipinski definition) is 4. The molecule has 1 aromatic rings. The number of carbonyl (C=O) groups is 1. The largest absolute Gasteiger partial charge is 0.388 e. The highest BCUT2D eigenvalue weighted by molar-refractivity contribution is 5.77. The van der Waals surface area contributed by atoms with Crippen molar-refractivity contribution in [2.45, 2.75) is 31.6 Å². The Morgan fingerprint density at radius 3 is 2.71 bits per heavy atom. The smallest absolute Gasteiger partial charge is 0.169 e. The highest BCUT2D eigenvalue weighted by Crippen LogP contribution is 2.28. The van der Waals surface area contributed by atoms with E-state index in [2.05, 4.69) is 0 Å². The van der Waals surface area contributed by atoms with Gasteiger partial charge in [0.2, 0.25) is 0 Å². The highest BCUT2D eigenvalue weighted by atomic mass is 16.5. The number of aldehydes is 1. The predicted molar refractivity (Wildman–Crippen MR) is 65.6 cm³/mol. The van der Waals surface area contributed by atoms with Crippen molar-refractivity contribution in [3.05, 3.63) is 35.4 Å². The van der Waals surface area contributed by atoms with Gasteiger partial charge < -0.3 is 9.84 Å². The molecular formula is C13H19NO3. The summed E-state index contributed by atoms with van der Waals surface area (Å²) in [7, 11) is 1.43. The fourth-order valence-corrected chi connectivity index (χ4v) is 1.87. The Bertz CT molecular complexity index is 381. The summed E-state index contributed by atoms with van der Waals surface area (Å²) < 4.78 is 5.25. The van der Waals surface area contributed by atoms with Gasteiger partial charge in [-0.05, 0) is 6.42 Å². The van der Waals surface area contributed by atoms with Crippen molar-refractivity contribution < 1.29 is 14.6 Å². The standard InChI is InChI=1S/C13H19NO3/c1-3-6-12(16)13(14,17-2)11-8-5-4-7-10(11)9-15/h4-5,7-9,12,16H,3,6,14H2,1-2H3/t12-,13-/m0/s1. The summed E-state index contributed by atoms with van der Waals surface area (Å²) in [6.45, 7) is 1.95. The molecule has 0 aliphatic rings. The lowest BCUT2D eigenvalue weighted by Gasteiger charge is -2.34. The molecule has 0 aliphatic carbocycles. The fourth-order valence-electron chi connectivity index (χ4n) is 1.87. The zero-order valence-corrected chi connectivity index (χ0v) is 10.2. The molecule has 4 nitrogen and oxygen atoms in total. The Hall–Kier alpha value is -1.23. The van der Waals surface area contributed by atoms with Crippen molar-refractivity contribution in [1.82, 2.24) is 0 Å². The van der Waals surface area contributed by atoms with Crippen molar-refractivity contribution in [2.24, 2.45) is 5.73 Å². The van der Waals surface area contributed by atoms with Gasteiger partial charge in [-0.3, -0.25) is 10.5 Å². The van der Waals surface area contributed by atoms with Crippen LogP contribution in [0, 0.1) is 0 Å². The molecule has 0 fully saturated rings. The molecular weight excluding hydrogens is 218 g/mol. The molecule has 2 atom stereocenters.